The Labute approximate surface area is 123 Å². The van der Waals surface area contributed by atoms with Crippen LogP contribution in [0.5, 0.6) is 0 Å². The van der Waals surface area contributed by atoms with Crippen LogP contribution in [0, 0.1) is 0 Å². The molecule has 21 heavy (non-hydrogen) atoms. The number of hydrogen-bond acceptors (Lipinski definition) is 6. The molecule has 1 saturated heterocycles. The molecule has 3 N–H and O–H groups in total. The molecular weight excluding hydrogens is 268 g/mol. The quantitative estimate of drug-likeness (QED) is 0.778. The SMILES string of the molecule is CCCNc1nc(N2CC(O)C(O)C2)c2ccccc2n1. The normalized spacial score (nSPS) is 22.0. The Hall–Kier alpha value is -1.92. The van der Waals surface area contributed by atoms with E-state index >= 15 is 0 Å². The maximum Gasteiger partial charge on any atom is 0.225 e. The summed E-state index contributed by atoms with van der Waals surface area (Å²) in [6.45, 7) is 3.66. The second-order valence-corrected chi connectivity index (χ2v) is 5.35. The first kappa shape index (κ1) is 14.0. The fraction of sp³-hybridized carbons (Fsp3) is 0.467. The lowest BCUT2D eigenvalue weighted by atomic mass is 10.2. The number of aliphatic hydroxyl groups is 2. The lowest BCUT2D eigenvalue weighted by molar-refractivity contribution is 0.0572. The van der Waals surface area contributed by atoms with Crippen molar-refractivity contribution < 1.29 is 10.2 Å². The van der Waals surface area contributed by atoms with E-state index in [0.717, 1.165) is 29.7 Å². The molecule has 0 spiro atoms. The van der Waals surface area contributed by atoms with Gasteiger partial charge in [0.25, 0.3) is 0 Å². The van der Waals surface area contributed by atoms with E-state index in [0.29, 0.717) is 19.0 Å². The van der Waals surface area contributed by atoms with Crippen LogP contribution >= 0.6 is 0 Å². The van der Waals surface area contributed by atoms with E-state index in [2.05, 4.69) is 22.2 Å². The van der Waals surface area contributed by atoms with Gasteiger partial charge in [0, 0.05) is 25.0 Å². The van der Waals surface area contributed by atoms with E-state index < -0.39 is 12.2 Å². The molecule has 2 unspecified atom stereocenters. The Morgan fingerprint density at radius 2 is 1.90 bits per heavy atom. The standard InChI is InChI=1S/C15H20N4O2/c1-2-7-16-15-17-11-6-4-3-5-10(11)14(18-15)19-8-12(20)13(21)9-19/h3-6,12-13,20-21H,2,7-9H2,1H3,(H,16,17,18). The molecule has 3 rings (SSSR count). The van der Waals surface area contributed by atoms with E-state index in [1.165, 1.54) is 0 Å². The summed E-state index contributed by atoms with van der Waals surface area (Å²) in [5.41, 5.74) is 0.858. The van der Waals surface area contributed by atoms with Crippen molar-refractivity contribution in [1.29, 1.82) is 0 Å². The number of fused-ring (bicyclic) bond motifs is 1. The molecule has 0 amide bonds. The van der Waals surface area contributed by atoms with Gasteiger partial charge < -0.3 is 20.4 Å². The lowest BCUT2D eigenvalue weighted by Gasteiger charge is -2.19. The number of hydrogen-bond donors (Lipinski definition) is 3. The highest BCUT2D eigenvalue weighted by Crippen LogP contribution is 2.28. The summed E-state index contributed by atoms with van der Waals surface area (Å²) in [6, 6.07) is 7.79. The summed E-state index contributed by atoms with van der Waals surface area (Å²) >= 11 is 0. The Balaban J connectivity index is 2.02. The van der Waals surface area contributed by atoms with Crippen molar-refractivity contribution in [2.24, 2.45) is 0 Å². The van der Waals surface area contributed by atoms with Crippen molar-refractivity contribution in [2.75, 3.05) is 29.9 Å². The van der Waals surface area contributed by atoms with Gasteiger partial charge in [-0.2, -0.15) is 4.98 Å². The number of nitrogens with one attached hydrogen (secondary N) is 1. The average molecular weight is 288 g/mol. The maximum absolute atomic E-state index is 9.76. The molecule has 2 heterocycles. The Morgan fingerprint density at radius 1 is 1.19 bits per heavy atom. The molecule has 1 aliphatic rings. The van der Waals surface area contributed by atoms with Crippen LogP contribution in [0.1, 0.15) is 13.3 Å². The van der Waals surface area contributed by atoms with Crippen LogP contribution in [-0.4, -0.2) is 52.0 Å². The topological polar surface area (TPSA) is 81.5 Å². The molecule has 6 nitrogen and oxygen atoms in total. The summed E-state index contributed by atoms with van der Waals surface area (Å²) in [5.74, 6) is 1.34. The van der Waals surface area contributed by atoms with Gasteiger partial charge in [-0.3, -0.25) is 0 Å². The molecule has 1 fully saturated rings. The summed E-state index contributed by atoms with van der Waals surface area (Å²) in [5, 5.41) is 23.7. The number of nitrogens with zero attached hydrogens (tertiary/aromatic N) is 3. The Bertz CT molecular complexity index is 624. The number of aromatic nitrogens is 2. The van der Waals surface area contributed by atoms with Crippen LogP contribution in [0.4, 0.5) is 11.8 Å². The van der Waals surface area contributed by atoms with E-state index in [1.807, 2.05) is 29.2 Å². The second kappa shape index (κ2) is 5.83. The first-order valence-corrected chi connectivity index (χ1v) is 7.30. The first-order valence-electron chi connectivity index (χ1n) is 7.30. The average Bonchev–Trinajstić information content (AvgIpc) is 2.83. The number of β-amino-alcohol motifs (C(OH)–C–C–N with tert-alkyl or cyclic N) is 2. The van der Waals surface area contributed by atoms with Crippen molar-refractivity contribution in [2.45, 2.75) is 25.6 Å². The fourth-order valence-electron chi connectivity index (χ4n) is 2.56. The summed E-state index contributed by atoms with van der Waals surface area (Å²) in [7, 11) is 0. The van der Waals surface area contributed by atoms with Crippen LogP contribution < -0.4 is 10.2 Å². The largest absolute Gasteiger partial charge is 0.389 e. The number of benzene rings is 1. The molecule has 0 radical (unpaired) electrons. The van der Waals surface area contributed by atoms with E-state index in [9.17, 15) is 10.2 Å². The monoisotopic (exact) mass is 288 g/mol. The van der Waals surface area contributed by atoms with Gasteiger partial charge in [0.05, 0.1) is 17.7 Å². The summed E-state index contributed by atoms with van der Waals surface area (Å²) in [6.07, 6.45) is -0.469. The van der Waals surface area contributed by atoms with Crippen molar-refractivity contribution in [3.05, 3.63) is 24.3 Å². The zero-order valence-electron chi connectivity index (χ0n) is 12.0. The molecule has 112 valence electrons. The maximum atomic E-state index is 9.76. The van der Waals surface area contributed by atoms with E-state index in [-0.39, 0.29) is 0 Å². The molecule has 0 bridgehead atoms. The van der Waals surface area contributed by atoms with Gasteiger partial charge in [-0.05, 0) is 18.6 Å². The van der Waals surface area contributed by atoms with Crippen molar-refractivity contribution in [3.8, 4) is 0 Å². The molecule has 2 atom stereocenters. The van der Waals surface area contributed by atoms with Gasteiger partial charge >= 0.3 is 0 Å². The first-order chi connectivity index (χ1) is 10.2. The van der Waals surface area contributed by atoms with Crippen LogP contribution in [0.2, 0.25) is 0 Å². The molecule has 1 aliphatic heterocycles. The summed E-state index contributed by atoms with van der Waals surface area (Å²) < 4.78 is 0. The Morgan fingerprint density at radius 3 is 2.62 bits per heavy atom. The third-order valence-corrected chi connectivity index (χ3v) is 3.67. The molecule has 0 saturated carbocycles. The highest BCUT2D eigenvalue weighted by atomic mass is 16.3. The van der Waals surface area contributed by atoms with E-state index in [1.54, 1.807) is 0 Å². The zero-order chi connectivity index (χ0) is 14.8. The minimum atomic E-state index is -0.731. The highest BCUT2D eigenvalue weighted by molar-refractivity contribution is 5.90. The number of anilines is 2. The predicted molar refractivity (Wildman–Crippen MR) is 82.5 cm³/mol. The van der Waals surface area contributed by atoms with Crippen molar-refractivity contribution in [1.82, 2.24) is 9.97 Å². The van der Waals surface area contributed by atoms with Gasteiger partial charge in [0.15, 0.2) is 0 Å². The molecule has 6 heteroatoms. The third-order valence-electron chi connectivity index (χ3n) is 3.67. The van der Waals surface area contributed by atoms with Crippen molar-refractivity contribution >= 4 is 22.7 Å². The van der Waals surface area contributed by atoms with Gasteiger partial charge in [0.2, 0.25) is 5.95 Å². The number of para-hydroxylation sites is 1. The fourth-order valence-corrected chi connectivity index (χ4v) is 2.56. The van der Waals surface area contributed by atoms with E-state index in [4.69, 9.17) is 0 Å². The minimum absolute atomic E-state index is 0.384. The second-order valence-electron chi connectivity index (χ2n) is 5.35. The van der Waals surface area contributed by atoms with Crippen LogP contribution in [-0.2, 0) is 0 Å². The molecule has 2 aromatic rings. The van der Waals surface area contributed by atoms with Crippen molar-refractivity contribution in [3.63, 3.8) is 0 Å². The molecule has 1 aromatic carbocycles. The number of aliphatic hydroxyl groups excluding tert-OH is 2. The van der Waals surface area contributed by atoms with Crippen LogP contribution in [0.15, 0.2) is 24.3 Å². The van der Waals surface area contributed by atoms with Gasteiger partial charge in [-0.15, -0.1) is 0 Å². The minimum Gasteiger partial charge on any atom is -0.389 e. The Kier molecular flexibility index (Phi) is 3.90. The molecule has 1 aromatic heterocycles. The summed E-state index contributed by atoms with van der Waals surface area (Å²) in [4.78, 5) is 11.0. The van der Waals surface area contributed by atoms with Gasteiger partial charge in [-0.1, -0.05) is 19.1 Å². The van der Waals surface area contributed by atoms with Crippen LogP contribution in [0.3, 0.4) is 0 Å². The molecular formula is C15H20N4O2. The van der Waals surface area contributed by atoms with Crippen LogP contribution in [0.25, 0.3) is 10.9 Å². The third kappa shape index (κ3) is 2.77. The molecule has 0 aliphatic carbocycles. The van der Waals surface area contributed by atoms with Gasteiger partial charge in [-0.25, -0.2) is 4.98 Å². The highest BCUT2D eigenvalue weighted by Gasteiger charge is 2.31. The lowest BCUT2D eigenvalue weighted by Crippen LogP contribution is -2.23. The predicted octanol–water partition coefficient (Wildman–Crippen LogP) is 0.993. The zero-order valence-corrected chi connectivity index (χ0v) is 12.0. The smallest absolute Gasteiger partial charge is 0.225 e. The van der Waals surface area contributed by atoms with Gasteiger partial charge in [0.1, 0.15) is 5.82 Å². The number of rotatable bonds is 4.